The summed E-state index contributed by atoms with van der Waals surface area (Å²) in [5.74, 6) is 0. The molecule has 0 atom stereocenters. The fourth-order valence-corrected chi connectivity index (χ4v) is 1.63. The van der Waals surface area contributed by atoms with Crippen LogP contribution in [0.5, 0.6) is 0 Å². The fourth-order valence-electron chi connectivity index (χ4n) is 1.63. The van der Waals surface area contributed by atoms with Crippen LogP contribution in [0.3, 0.4) is 0 Å². The lowest BCUT2D eigenvalue weighted by atomic mass is 10.1. The number of nitrogens with zero attached hydrogens (tertiary/aromatic N) is 2. The Morgan fingerprint density at radius 1 is 1.27 bits per heavy atom. The SMILES string of the molecule is CCCCCCCNCc1ccn(C)n1. The van der Waals surface area contributed by atoms with Gasteiger partial charge >= 0.3 is 0 Å². The zero-order chi connectivity index (χ0) is 10.9. The molecule has 0 saturated heterocycles. The van der Waals surface area contributed by atoms with Gasteiger partial charge in [0, 0.05) is 19.8 Å². The Labute approximate surface area is 92.9 Å². The average Bonchev–Trinajstić information content (AvgIpc) is 2.63. The summed E-state index contributed by atoms with van der Waals surface area (Å²) >= 11 is 0. The van der Waals surface area contributed by atoms with Crippen molar-refractivity contribution >= 4 is 0 Å². The zero-order valence-corrected chi connectivity index (χ0v) is 10.00. The van der Waals surface area contributed by atoms with Crippen molar-refractivity contribution in [2.24, 2.45) is 7.05 Å². The van der Waals surface area contributed by atoms with Crippen molar-refractivity contribution in [3.8, 4) is 0 Å². The molecule has 0 amide bonds. The molecular formula is C12H23N3. The van der Waals surface area contributed by atoms with Crippen LogP contribution in [0.25, 0.3) is 0 Å². The second-order valence-electron chi connectivity index (χ2n) is 4.07. The Bertz CT molecular complexity index is 255. The summed E-state index contributed by atoms with van der Waals surface area (Å²) in [5.41, 5.74) is 1.13. The lowest BCUT2D eigenvalue weighted by Gasteiger charge is -2.02. The van der Waals surface area contributed by atoms with Gasteiger partial charge in [-0.25, -0.2) is 0 Å². The van der Waals surface area contributed by atoms with Crippen LogP contribution < -0.4 is 5.32 Å². The normalized spacial score (nSPS) is 10.8. The molecule has 0 aliphatic carbocycles. The highest BCUT2D eigenvalue weighted by Crippen LogP contribution is 2.01. The van der Waals surface area contributed by atoms with E-state index in [0.29, 0.717) is 0 Å². The topological polar surface area (TPSA) is 29.9 Å². The Morgan fingerprint density at radius 2 is 2.07 bits per heavy atom. The van der Waals surface area contributed by atoms with E-state index in [2.05, 4.69) is 23.4 Å². The van der Waals surface area contributed by atoms with Crippen molar-refractivity contribution in [1.82, 2.24) is 15.1 Å². The number of hydrogen-bond donors (Lipinski definition) is 1. The van der Waals surface area contributed by atoms with Crippen LogP contribution in [0.1, 0.15) is 44.7 Å². The quantitative estimate of drug-likeness (QED) is 0.667. The van der Waals surface area contributed by atoms with Gasteiger partial charge in [0.25, 0.3) is 0 Å². The minimum atomic E-state index is 0.897. The minimum absolute atomic E-state index is 0.897. The van der Waals surface area contributed by atoms with Crippen LogP contribution in [0.15, 0.2) is 12.3 Å². The molecule has 0 aliphatic heterocycles. The first-order valence-electron chi connectivity index (χ1n) is 6.02. The predicted octanol–water partition coefficient (Wildman–Crippen LogP) is 2.48. The van der Waals surface area contributed by atoms with E-state index < -0.39 is 0 Å². The highest BCUT2D eigenvalue weighted by atomic mass is 15.3. The summed E-state index contributed by atoms with van der Waals surface area (Å²) in [4.78, 5) is 0. The third-order valence-corrected chi connectivity index (χ3v) is 2.53. The van der Waals surface area contributed by atoms with E-state index in [4.69, 9.17) is 0 Å². The smallest absolute Gasteiger partial charge is 0.0762 e. The van der Waals surface area contributed by atoms with Crippen LogP contribution in [-0.2, 0) is 13.6 Å². The van der Waals surface area contributed by atoms with Gasteiger partial charge in [-0.2, -0.15) is 5.10 Å². The Kier molecular flexibility index (Phi) is 6.09. The molecule has 86 valence electrons. The summed E-state index contributed by atoms with van der Waals surface area (Å²) < 4.78 is 1.85. The first kappa shape index (κ1) is 12.2. The number of unbranched alkanes of at least 4 members (excludes halogenated alkanes) is 4. The van der Waals surface area contributed by atoms with Gasteiger partial charge in [-0.15, -0.1) is 0 Å². The van der Waals surface area contributed by atoms with Crippen molar-refractivity contribution in [2.45, 2.75) is 45.6 Å². The maximum Gasteiger partial charge on any atom is 0.0762 e. The Hall–Kier alpha value is -0.830. The maximum atomic E-state index is 4.31. The summed E-state index contributed by atoms with van der Waals surface area (Å²) in [7, 11) is 1.95. The number of aryl methyl sites for hydroxylation is 1. The molecule has 3 nitrogen and oxygen atoms in total. The first-order valence-corrected chi connectivity index (χ1v) is 6.02. The van der Waals surface area contributed by atoms with Gasteiger partial charge in [0.1, 0.15) is 0 Å². The van der Waals surface area contributed by atoms with Crippen LogP contribution in [0, 0.1) is 0 Å². The second kappa shape index (κ2) is 7.46. The van der Waals surface area contributed by atoms with Gasteiger partial charge in [0.05, 0.1) is 5.69 Å². The molecule has 0 unspecified atom stereocenters. The Morgan fingerprint density at radius 3 is 2.73 bits per heavy atom. The van der Waals surface area contributed by atoms with Crippen molar-refractivity contribution in [2.75, 3.05) is 6.54 Å². The molecule has 0 fully saturated rings. The standard InChI is InChI=1S/C12H23N3/c1-3-4-5-6-7-9-13-11-12-8-10-15(2)14-12/h8,10,13H,3-7,9,11H2,1-2H3. The molecule has 1 N–H and O–H groups in total. The molecule has 1 heterocycles. The van der Waals surface area contributed by atoms with Crippen molar-refractivity contribution in [3.63, 3.8) is 0 Å². The highest BCUT2D eigenvalue weighted by Gasteiger charge is 1.95. The van der Waals surface area contributed by atoms with Crippen LogP contribution in [0.2, 0.25) is 0 Å². The predicted molar refractivity (Wildman–Crippen MR) is 63.7 cm³/mol. The summed E-state index contributed by atoms with van der Waals surface area (Å²) in [6, 6.07) is 2.06. The molecule has 1 aromatic rings. The summed E-state index contributed by atoms with van der Waals surface area (Å²) in [6.45, 7) is 4.26. The van der Waals surface area contributed by atoms with Crippen LogP contribution in [-0.4, -0.2) is 16.3 Å². The molecular weight excluding hydrogens is 186 g/mol. The van der Waals surface area contributed by atoms with Crippen LogP contribution >= 0.6 is 0 Å². The second-order valence-corrected chi connectivity index (χ2v) is 4.07. The van der Waals surface area contributed by atoms with Crippen molar-refractivity contribution in [1.29, 1.82) is 0 Å². The van der Waals surface area contributed by atoms with E-state index in [1.54, 1.807) is 0 Å². The summed E-state index contributed by atoms with van der Waals surface area (Å²) in [5, 5.41) is 7.73. The number of aromatic nitrogens is 2. The first-order chi connectivity index (χ1) is 7.33. The van der Waals surface area contributed by atoms with Crippen molar-refractivity contribution < 1.29 is 0 Å². The molecule has 0 radical (unpaired) electrons. The molecule has 15 heavy (non-hydrogen) atoms. The van der Waals surface area contributed by atoms with Gasteiger partial charge in [-0.05, 0) is 19.0 Å². The van der Waals surface area contributed by atoms with Gasteiger partial charge in [0.15, 0.2) is 0 Å². The lowest BCUT2D eigenvalue weighted by molar-refractivity contribution is 0.576. The molecule has 0 saturated carbocycles. The minimum Gasteiger partial charge on any atom is -0.311 e. The van der Waals surface area contributed by atoms with E-state index in [1.165, 1.54) is 32.1 Å². The van der Waals surface area contributed by atoms with E-state index in [0.717, 1.165) is 18.8 Å². The number of rotatable bonds is 8. The van der Waals surface area contributed by atoms with Gasteiger partial charge < -0.3 is 5.32 Å². The monoisotopic (exact) mass is 209 g/mol. The molecule has 0 aromatic carbocycles. The maximum absolute atomic E-state index is 4.31. The molecule has 1 aromatic heterocycles. The van der Waals surface area contributed by atoms with E-state index in [1.807, 2.05) is 17.9 Å². The van der Waals surface area contributed by atoms with Gasteiger partial charge in [-0.1, -0.05) is 32.6 Å². The van der Waals surface area contributed by atoms with Gasteiger partial charge in [-0.3, -0.25) is 4.68 Å². The average molecular weight is 209 g/mol. The molecule has 1 rings (SSSR count). The largest absolute Gasteiger partial charge is 0.311 e. The van der Waals surface area contributed by atoms with Gasteiger partial charge in [0.2, 0.25) is 0 Å². The lowest BCUT2D eigenvalue weighted by Crippen LogP contribution is -2.15. The van der Waals surface area contributed by atoms with Crippen molar-refractivity contribution in [3.05, 3.63) is 18.0 Å². The Balaban J connectivity index is 1.93. The highest BCUT2D eigenvalue weighted by molar-refractivity contribution is 4.97. The number of hydrogen-bond acceptors (Lipinski definition) is 2. The molecule has 0 bridgehead atoms. The number of nitrogens with one attached hydrogen (secondary N) is 1. The molecule has 3 heteroatoms. The van der Waals surface area contributed by atoms with E-state index in [9.17, 15) is 0 Å². The van der Waals surface area contributed by atoms with Crippen LogP contribution in [0.4, 0.5) is 0 Å². The molecule has 0 spiro atoms. The third-order valence-electron chi connectivity index (χ3n) is 2.53. The zero-order valence-electron chi connectivity index (χ0n) is 10.00. The van der Waals surface area contributed by atoms with E-state index in [-0.39, 0.29) is 0 Å². The fraction of sp³-hybridized carbons (Fsp3) is 0.750. The molecule has 0 aliphatic rings. The van der Waals surface area contributed by atoms with E-state index >= 15 is 0 Å². The third kappa shape index (κ3) is 5.57. The summed E-state index contributed by atoms with van der Waals surface area (Å²) in [6.07, 6.45) is 8.69.